The van der Waals surface area contributed by atoms with Gasteiger partial charge in [-0.2, -0.15) is 0 Å². The predicted molar refractivity (Wildman–Crippen MR) is 106 cm³/mol. The molecule has 4 rings (SSSR count). The molecule has 3 aromatic rings. The Morgan fingerprint density at radius 2 is 1.58 bits per heavy atom. The van der Waals surface area contributed by atoms with Crippen LogP contribution >= 0.6 is 0 Å². The smallest absolute Gasteiger partial charge is 0.261 e. The summed E-state index contributed by atoms with van der Waals surface area (Å²) in [6, 6.07) is 22.7. The Morgan fingerprint density at radius 1 is 0.885 bits per heavy atom. The lowest BCUT2D eigenvalue weighted by atomic mass is 10.2. The van der Waals surface area contributed by atoms with E-state index in [-0.39, 0.29) is 4.90 Å². The van der Waals surface area contributed by atoms with Gasteiger partial charge in [0.25, 0.3) is 10.0 Å². The summed E-state index contributed by atoms with van der Waals surface area (Å²) < 4.78 is 27.6. The van der Waals surface area contributed by atoms with E-state index >= 15 is 0 Å². The highest BCUT2D eigenvalue weighted by Crippen LogP contribution is 2.34. The van der Waals surface area contributed by atoms with Gasteiger partial charge in [-0.05, 0) is 61.4 Å². The summed E-state index contributed by atoms with van der Waals surface area (Å²) in [5, 5.41) is 0. The van der Waals surface area contributed by atoms with Crippen LogP contribution in [0.4, 0.5) is 17.1 Å². The Hall–Kier alpha value is -2.79. The molecule has 1 aliphatic rings. The monoisotopic (exact) mass is 364 g/mol. The zero-order chi connectivity index (χ0) is 18.1. The van der Waals surface area contributed by atoms with Gasteiger partial charge in [-0.25, -0.2) is 8.42 Å². The van der Waals surface area contributed by atoms with Gasteiger partial charge < -0.3 is 4.90 Å². The number of fused-ring (bicyclic) bond motifs is 1. The minimum absolute atomic E-state index is 0.264. The quantitative estimate of drug-likeness (QED) is 0.742. The average molecular weight is 364 g/mol. The molecule has 0 bridgehead atoms. The van der Waals surface area contributed by atoms with Crippen LogP contribution in [0.2, 0.25) is 0 Å². The van der Waals surface area contributed by atoms with Gasteiger partial charge in [0.2, 0.25) is 0 Å². The van der Waals surface area contributed by atoms with Crippen molar-refractivity contribution in [3.63, 3.8) is 0 Å². The highest BCUT2D eigenvalue weighted by Gasteiger charge is 2.20. The number of para-hydroxylation sites is 1. The molecular weight excluding hydrogens is 344 g/mol. The number of hydrogen-bond donors (Lipinski definition) is 1. The van der Waals surface area contributed by atoms with Crippen molar-refractivity contribution in [1.29, 1.82) is 0 Å². The molecule has 0 fully saturated rings. The summed E-state index contributed by atoms with van der Waals surface area (Å²) in [4.78, 5) is 2.52. The molecule has 1 aliphatic heterocycles. The Labute approximate surface area is 154 Å². The van der Waals surface area contributed by atoms with Gasteiger partial charge in [0, 0.05) is 23.6 Å². The van der Waals surface area contributed by atoms with Crippen molar-refractivity contribution in [3.8, 4) is 0 Å². The van der Waals surface area contributed by atoms with Crippen LogP contribution in [-0.2, 0) is 16.4 Å². The van der Waals surface area contributed by atoms with Crippen molar-refractivity contribution < 1.29 is 8.42 Å². The molecule has 0 saturated heterocycles. The Morgan fingerprint density at radius 3 is 2.31 bits per heavy atom. The van der Waals surface area contributed by atoms with Crippen molar-refractivity contribution in [2.24, 2.45) is 0 Å². The maximum Gasteiger partial charge on any atom is 0.261 e. The van der Waals surface area contributed by atoms with E-state index in [0.29, 0.717) is 5.69 Å². The fourth-order valence-electron chi connectivity index (χ4n) is 3.25. The summed E-state index contributed by atoms with van der Waals surface area (Å²) in [5.74, 6) is 0. The number of sulfonamides is 1. The first kappa shape index (κ1) is 16.7. The Kier molecular flexibility index (Phi) is 4.17. The maximum atomic E-state index is 12.5. The second kappa shape index (κ2) is 6.50. The molecule has 1 N–H and O–H groups in total. The molecule has 5 heteroatoms. The third kappa shape index (κ3) is 3.18. The molecule has 0 unspecified atom stereocenters. The van der Waals surface area contributed by atoms with Crippen molar-refractivity contribution in [2.75, 3.05) is 16.2 Å². The van der Waals surface area contributed by atoms with E-state index in [4.69, 9.17) is 0 Å². The minimum Gasteiger partial charge on any atom is -0.341 e. The van der Waals surface area contributed by atoms with Crippen molar-refractivity contribution in [2.45, 2.75) is 18.2 Å². The molecule has 26 heavy (non-hydrogen) atoms. The van der Waals surface area contributed by atoms with Crippen LogP contribution < -0.4 is 9.62 Å². The van der Waals surface area contributed by atoms with E-state index in [1.165, 1.54) is 11.3 Å². The van der Waals surface area contributed by atoms with Gasteiger partial charge >= 0.3 is 0 Å². The summed E-state index contributed by atoms with van der Waals surface area (Å²) in [7, 11) is -3.57. The fraction of sp³-hybridized carbons (Fsp3) is 0.143. The van der Waals surface area contributed by atoms with Gasteiger partial charge in [-0.15, -0.1) is 0 Å². The van der Waals surface area contributed by atoms with Crippen molar-refractivity contribution in [1.82, 2.24) is 0 Å². The first-order valence-electron chi connectivity index (χ1n) is 8.58. The zero-order valence-electron chi connectivity index (χ0n) is 14.5. The summed E-state index contributed by atoms with van der Waals surface area (Å²) in [5.41, 5.74) is 5.21. The van der Waals surface area contributed by atoms with Crippen LogP contribution in [0.25, 0.3) is 0 Å². The number of aryl methyl sites for hydroxylation is 1. The summed E-state index contributed by atoms with van der Waals surface area (Å²) >= 11 is 0. The molecule has 0 aromatic heterocycles. The van der Waals surface area contributed by atoms with Crippen LogP contribution in [0.5, 0.6) is 0 Å². The third-order valence-corrected chi connectivity index (χ3v) is 6.05. The van der Waals surface area contributed by atoms with E-state index in [1.807, 2.05) is 37.3 Å². The number of hydrogen-bond acceptors (Lipinski definition) is 3. The van der Waals surface area contributed by atoms with Gasteiger partial charge in [-0.3, -0.25) is 4.72 Å². The number of anilines is 3. The van der Waals surface area contributed by atoms with Crippen molar-refractivity contribution >= 4 is 27.1 Å². The topological polar surface area (TPSA) is 49.4 Å². The van der Waals surface area contributed by atoms with E-state index < -0.39 is 10.0 Å². The van der Waals surface area contributed by atoms with Crippen molar-refractivity contribution in [3.05, 3.63) is 83.9 Å². The van der Waals surface area contributed by atoms with E-state index in [9.17, 15) is 8.42 Å². The number of nitrogens with zero attached hydrogens (tertiary/aromatic N) is 1. The van der Waals surface area contributed by atoms with Crippen LogP contribution in [0.3, 0.4) is 0 Å². The molecule has 0 saturated carbocycles. The molecule has 0 aliphatic carbocycles. The standard InChI is InChI=1S/C21H20N2O2S/c1-16-6-12-20(13-7-16)26(24,25)22-18-8-10-19(11-9-18)23-15-14-17-4-2-3-5-21(17)23/h2-13,22H,14-15H2,1H3. The lowest BCUT2D eigenvalue weighted by molar-refractivity contribution is 0.601. The van der Waals surface area contributed by atoms with Gasteiger partial charge in [-0.1, -0.05) is 35.9 Å². The number of benzene rings is 3. The Bertz CT molecular complexity index is 1030. The van der Waals surface area contributed by atoms with Crippen LogP contribution in [0, 0.1) is 6.92 Å². The SMILES string of the molecule is Cc1ccc(S(=O)(=O)Nc2ccc(N3CCc4ccccc43)cc2)cc1. The van der Waals surface area contributed by atoms with Gasteiger partial charge in [0.15, 0.2) is 0 Å². The normalized spacial score (nSPS) is 13.5. The van der Waals surface area contributed by atoms with Gasteiger partial charge in [0.05, 0.1) is 4.90 Å². The van der Waals surface area contributed by atoms with E-state index in [1.54, 1.807) is 24.3 Å². The lowest BCUT2D eigenvalue weighted by Gasteiger charge is -2.20. The first-order chi connectivity index (χ1) is 12.5. The molecule has 0 atom stereocenters. The second-order valence-corrected chi connectivity index (χ2v) is 8.18. The predicted octanol–water partition coefficient (Wildman–Crippen LogP) is 4.49. The molecule has 132 valence electrons. The molecule has 4 nitrogen and oxygen atoms in total. The number of nitrogens with one attached hydrogen (secondary N) is 1. The number of rotatable bonds is 4. The molecule has 1 heterocycles. The summed E-state index contributed by atoms with van der Waals surface area (Å²) in [6.45, 7) is 2.87. The lowest BCUT2D eigenvalue weighted by Crippen LogP contribution is -2.14. The highest BCUT2D eigenvalue weighted by molar-refractivity contribution is 7.92. The molecule has 3 aromatic carbocycles. The largest absolute Gasteiger partial charge is 0.341 e. The third-order valence-electron chi connectivity index (χ3n) is 4.65. The van der Waals surface area contributed by atoms with E-state index in [2.05, 4.69) is 27.8 Å². The fourth-order valence-corrected chi connectivity index (χ4v) is 4.31. The highest BCUT2D eigenvalue weighted by atomic mass is 32.2. The Balaban J connectivity index is 1.54. The van der Waals surface area contributed by atoms with E-state index in [0.717, 1.165) is 24.2 Å². The molecule has 0 spiro atoms. The van der Waals surface area contributed by atoms with Crippen LogP contribution in [0.15, 0.2) is 77.7 Å². The zero-order valence-corrected chi connectivity index (χ0v) is 15.3. The molecule has 0 radical (unpaired) electrons. The minimum atomic E-state index is -3.57. The van der Waals surface area contributed by atoms with Gasteiger partial charge in [0.1, 0.15) is 0 Å². The first-order valence-corrected chi connectivity index (χ1v) is 10.1. The maximum absolute atomic E-state index is 12.5. The molecular formula is C21H20N2O2S. The molecule has 0 amide bonds. The average Bonchev–Trinajstić information content (AvgIpc) is 3.07. The van der Waals surface area contributed by atoms with Crippen LogP contribution in [-0.4, -0.2) is 15.0 Å². The summed E-state index contributed by atoms with van der Waals surface area (Å²) in [6.07, 6.45) is 1.03. The second-order valence-electron chi connectivity index (χ2n) is 6.50. The van der Waals surface area contributed by atoms with Crippen LogP contribution in [0.1, 0.15) is 11.1 Å².